The van der Waals surface area contributed by atoms with Crippen molar-refractivity contribution in [3.8, 4) is 0 Å². The summed E-state index contributed by atoms with van der Waals surface area (Å²) in [5.74, 6) is 0.0528. The summed E-state index contributed by atoms with van der Waals surface area (Å²) in [4.78, 5) is 12.3. The maximum atomic E-state index is 12.3. The Bertz CT molecular complexity index is 619. The predicted molar refractivity (Wildman–Crippen MR) is 83.3 cm³/mol. The smallest absolute Gasteiger partial charge is 0.226 e. The molecule has 0 radical (unpaired) electrons. The topological polar surface area (TPSA) is 46.9 Å². The van der Waals surface area contributed by atoms with Crippen LogP contribution in [0, 0.1) is 0 Å². The third-order valence-electron chi connectivity index (χ3n) is 4.13. The highest BCUT2D eigenvalue weighted by molar-refractivity contribution is 5.92. The Morgan fingerprint density at radius 3 is 3.00 bits per heavy atom. The number of rotatable bonds is 4. The molecule has 21 heavy (non-hydrogen) atoms. The summed E-state index contributed by atoms with van der Waals surface area (Å²) in [6, 6.07) is 8.18. The van der Waals surface area contributed by atoms with Crippen molar-refractivity contribution in [3.63, 3.8) is 0 Å². The minimum Gasteiger partial charge on any atom is -0.326 e. The van der Waals surface area contributed by atoms with E-state index in [2.05, 4.69) is 16.5 Å². The number of hydrogen-bond donors (Lipinski definition) is 1. The number of carbonyl (C=O) groups is 1. The molecule has 0 spiro atoms. The van der Waals surface area contributed by atoms with Gasteiger partial charge in [0.15, 0.2) is 0 Å². The second-order valence-corrected chi connectivity index (χ2v) is 5.74. The first-order chi connectivity index (χ1) is 10.2. The van der Waals surface area contributed by atoms with E-state index in [1.54, 1.807) is 6.20 Å². The van der Waals surface area contributed by atoms with Crippen molar-refractivity contribution < 1.29 is 4.79 Å². The van der Waals surface area contributed by atoms with E-state index in [0.29, 0.717) is 6.42 Å². The maximum absolute atomic E-state index is 12.3. The number of hydrogen-bond acceptors (Lipinski definition) is 2. The van der Waals surface area contributed by atoms with E-state index in [-0.39, 0.29) is 11.9 Å². The highest BCUT2D eigenvalue weighted by Crippen LogP contribution is 2.28. The lowest BCUT2D eigenvalue weighted by atomic mass is 9.90. The van der Waals surface area contributed by atoms with Gasteiger partial charge in [-0.25, -0.2) is 0 Å². The zero-order valence-corrected chi connectivity index (χ0v) is 12.4. The van der Waals surface area contributed by atoms with Crippen LogP contribution in [0.15, 0.2) is 36.7 Å². The van der Waals surface area contributed by atoms with Crippen LogP contribution in [-0.4, -0.2) is 15.7 Å². The van der Waals surface area contributed by atoms with Crippen molar-refractivity contribution in [3.05, 3.63) is 47.8 Å². The SMILES string of the molecule is C[C@H](CC(=O)Nc1cccc2c1CCCC2)n1cccn1. The predicted octanol–water partition coefficient (Wildman–Crippen LogP) is 3.35. The summed E-state index contributed by atoms with van der Waals surface area (Å²) in [5, 5.41) is 7.27. The van der Waals surface area contributed by atoms with Gasteiger partial charge in [-0.05, 0) is 55.9 Å². The lowest BCUT2D eigenvalue weighted by Crippen LogP contribution is -2.19. The fraction of sp³-hybridized carbons (Fsp3) is 0.412. The molecule has 1 aromatic heterocycles. The molecule has 1 aliphatic rings. The van der Waals surface area contributed by atoms with Gasteiger partial charge < -0.3 is 5.32 Å². The van der Waals surface area contributed by atoms with Crippen LogP contribution >= 0.6 is 0 Å². The molecular weight excluding hydrogens is 262 g/mol. The molecule has 0 saturated carbocycles. The van der Waals surface area contributed by atoms with Crippen molar-refractivity contribution >= 4 is 11.6 Å². The van der Waals surface area contributed by atoms with Crippen LogP contribution in [0.5, 0.6) is 0 Å². The summed E-state index contributed by atoms with van der Waals surface area (Å²) < 4.78 is 1.82. The molecule has 1 heterocycles. The third-order valence-corrected chi connectivity index (χ3v) is 4.13. The first kappa shape index (κ1) is 13.9. The lowest BCUT2D eigenvalue weighted by molar-refractivity contribution is -0.116. The lowest BCUT2D eigenvalue weighted by Gasteiger charge is -2.20. The van der Waals surface area contributed by atoms with Crippen LogP contribution in [0.2, 0.25) is 0 Å². The molecule has 0 fully saturated rings. The number of nitrogens with one attached hydrogen (secondary N) is 1. The van der Waals surface area contributed by atoms with E-state index in [1.807, 2.05) is 36.0 Å². The van der Waals surface area contributed by atoms with Gasteiger partial charge in [0.2, 0.25) is 5.91 Å². The fourth-order valence-corrected chi connectivity index (χ4v) is 3.00. The molecule has 1 atom stereocenters. The highest BCUT2D eigenvalue weighted by atomic mass is 16.1. The Morgan fingerprint density at radius 1 is 1.33 bits per heavy atom. The van der Waals surface area contributed by atoms with Gasteiger partial charge in [0.05, 0.1) is 6.04 Å². The van der Waals surface area contributed by atoms with Gasteiger partial charge in [-0.2, -0.15) is 5.10 Å². The van der Waals surface area contributed by atoms with Crippen molar-refractivity contribution in [2.45, 2.75) is 45.1 Å². The summed E-state index contributed by atoms with van der Waals surface area (Å²) >= 11 is 0. The van der Waals surface area contributed by atoms with Crippen LogP contribution in [0.4, 0.5) is 5.69 Å². The Kier molecular flexibility index (Phi) is 4.04. The normalized spacial score (nSPS) is 15.3. The van der Waals surface area contributed by atoms with E-state index < -0.39 is 0 Å². The summed E-state index contributed by atoms with van der Waals surface area (Å²) in [7, 11) is 0. The molecule has 4 nitrogen and oxygen atoms in total. The van der Waals surface area contributed by atoms with E-state index in [9.17, 15) is 4.79 Å². The third kappa shape index (κ3) is 3.15. The van der Waals surface area contributed by atoms with E-state index in [4.69, 9.17) is 0 Å². The summed E-state index contributed by atoms with van der Waals surface area (Å²) in [6.07, 6.45) is 8.73. The molecule has 3 rings (SSSR count). The van der Waals surface area contributed by atoms with Crippen LogP contribution in [0.1, 0.15) is 43.4 Å². The number of amides is 1. The van der Waals surface area contributed by atoms with E-state index in [1.165, 1.54) is 24.0 Å². The Morgan fingerprint density at radius 2 is 2.19 bits per heavy atom. The first-order valence-electron chi connectivity index (χ1n) is 7.64. The molecule has 0 unspecified atom stereocenters. The van der Waals surface area contributed by atoms with E-state index in [0.717, 1.165) is 18.5 Å². The van der Waals surface area contributed by atoms with Crippen molar-refractivity contribution in [1.82, 2.24) is 9.78 Å². The Hall–Kier alpha value is -2.10. The van der Waals surface area contributed by atoms with Crippen LogP contribution < -0.4 is 5.32 Å². The Balaban J connectivity index is 1.68. The monoisotopic (exact) mass is 283 g/mol. The van der Waals surface area contributed by atoms with Crippen LogP contribution in [0.3, 0.4) is 0 Å². The molecule has 1 aliphatic carbocycles. The zero-order valence-electron chi connectivity index (χ0n) is 12.4. The largest absolute Gasteiger partial charge is 0.326 e. The second-order valence-electron chi connectivity index (χ2n) is 5.74. The zero-order chi connectivity index (χ0) is 14.7. The molecular formula is C17H21N3O. The Labute approximate surface area is 125 Å². The average molecular weight is 283 g/mol. The first-order valence-corrected chi connectivity index (χ1v) is 7.64. The molecule has 0 aliphatic heterocycles. The molecule has 110 valence electrons. The van der Waals surface area contributed by atoms with Crippen molar-refractivity contribution in [1.29, 1.82) is 0 Å². The minimum absolute atomic E-state index is 0.0528. The standard InChI is InChI=1S/C17H21N3O/c1-13(20-11-5-10-18-20)12-17(21)19-16-9-4-7-14-6-2-3-8-15(14)16/h4-5,7,9-11,13H,2-3,6,8,12H2,1H3,(H,19,21)/t13-/m1/s1. The molecule has 1 N–H and O–H groups in total. The molecule has 0 saturated heterocycles. The van der Waals surface area contributed by atoms with Crippen LogP contribution in [0.25, 0.3) is 0 Å². The quantitative estimate of drug-likeness (QED) is 0.935. The van der Waals surface area contributed by atoms with Gasteiger partial charge in [-0.15, -0.1) is 0 Å². The number of nitrogens with zero attached hydrogens (tertiary/aromatic N) is 2. The number of aryl methyl sites for hydroxylation is 1. The van der Waals surface area contributed by atoms with Crippen molar-refractivity contribution in [2.75, 3.05) is 5.32 Å². The molecule has 2 aromatic rings. The molecule has 1 aromatic carbocycles. The minimum atomic E-state index is 0.0528. The highest BCUT2D eigenvalue weighted by Gasteiger charge is 2.16. The molecule has 4 heteroatoms. The van der Waals surface area contributed by atoms with Gasteiger partial charge in [-0.1, -0.05) is 12.1 Å². The number of carbonyl (C=O) groups excluding carboxylic acids is 1. The van der Waals surface area contributed by atoms with Gasteiger partial charge in [0, 0.05) is 24.5 Å². The second kappa shape index (κ2) is 6.12. The van der Waals surface area contributed by atoms with Gasteiger partial charge in [0.25, 0.3) is 0 Å². The number of fused-ring (bicyclic) bond motifs is 1. The van der Waals surface area contributed by atoms with Crippen LogP contribution in [-0.2, 0) is 17.6 Å². The maximum Gasteiger partial charge on any atom is 0.226 e. The summed E-state index contributed by atoms with van der Waals surface area (Å²) in [6.45, 7) is 2.01. The molecule has 1 amide bonds. The number of aromatic nitrogens is 2. The number of benzene rings is 1. The van der Waals surface area contributed by atoms with E-state index >= 15 is 0 Å². The van der Waals surface area contributed by atoms with Gasteiger partial charge >= 0.3 is 0 Å². The van der Waals surface area contributed by atoms with Gasteiger partial charge in [-0.3, -0.25) is 9.48 Å². The fourth-order valence-electron chi connectivity index (χ4n) is 3.00. The average Bonchev–Trinajstić information content (AvgIpc) is 3.02. The van der Waals surface area contributed by atoms with Gasteiger partial charge in [0.1, 0.15) is 0 Å². The van der Waals surface area contributed by atoms with Crippen molar-refractivity contribution in [2.24, 2.45) is 0 Å². The molecule has 0 bridgehead atoms. The summed E-state index contributed by atoms with van der Waals surface area (Å²) in [5.41, 5.74) is 3.70. The number of anilines is 1.